The SMILES string of the molecule is CC(=O)/C(=C\c1ccc(N(c2ccccc2)c2ccc(C)cc2)cc1)OC(=NC1CCCCC1)C(C)C. The Bertz CT molecular complexity index is 1220. The molecule has 1 aliphatic rings. The van der Waals surface area contributed by atoms with Crippen molar-refractivity contribution in [2.24, 2.45) is 10.9 Å². The second kappa shape index (κ2) is 12.5. The largest absolute Gasteiger partial charge is 0.439 e. The molecule has 0 aliphatic heterocycles. The van der Waals surface area contributed by atoms with Gasteiger partial charge in [0.2, 0.25) is 0 Å². The average Bonchev–Trinajstić information content (AvgIpc) is 2.91. The van der Waals surface area contributed by atoms with E-state index in [2.05, 4.69) is 74.2 Å². The third kappa shape index (κ3) is 7.19. The van der Waals surface area contributed by atoms with Gasteiger partial charge in [0.05, 0.1) is 6.04 Å². The Morgan fingerprint density at radius 2 is 1.43 bits per heavy atom. The van der Waals surface area contributed by atoms with Gasteiger partial charge in [0, 0.05) is 29.9 Å². The van der Waals surface area contributed by atoms with Crippen molar-refractivity contribution in [2.45, 2.75) is 65.8 Å². The number of Topliss-reactive ketones (excluding diaryl/α,β-unsaturated/α-hetero) is 1. The van der Waals surface area contributed by atoms with Crippen LogP contribution in [0.25, 0.3) is 6.08 Å². The minimum atomic E-state index is -0.105. The van der Waals surface area contributed by atoms with Gasteiger partial charge in [-0.15, -0.1) is 0 Å². The Morgan fingerprint density at radius 3 is 2.00 bits per heavy atom. The van der Waals surface area contributed by atoms with Gasteiger partial charge in [0.1, 0.15) is 0 Å². The summed E-state index contributed by atoms with van der Waals surface area (Å²) in [5.74, 6) is 0.988. The van der Waals surface area contributed by atoms with Crippen molar-refractivity contribution in [3.8, 4) is 0 Å². The minimum Gasteiger partial charge on any atom is -0.439 e. The molecule has 192 valence electrons. The Morgan fingerprint density at radius 1 is 0.865 bits per heavy atom. The highest BCUT2D eigenvalue weighted by Crippen LogP contribution is 2.34. The molecule has 0 radical (unpaired) electrons. The molecule has 1 fully saturated rings. The molecule has 4 heteroatoms. The quantitative estimate of drug-likeness (QED) is 0.136. The minimum absolute atomic E-state index is 0.105. The highest BCUT2D eigenvalue weighted by molar-refractivity contribution is 5.98. The van der Waals surface area contributed by atoms with Crippen LogP contribution in [0.4, 0.5) is 17.1 Å². The molecule has 4 nitrogen and oxygen atoms in total. The Labute approximate surface area is 221 Å². The molecule has 0 unspecified atom stereocenters. The number of ketones is 1. The van der Waals surface area contributed by atoms with Gasteiger partial charge in [-0.2, -0.15) is 0 Å². The van der Waals surface area contributed by atoms with Gasteiger partial charge in [0.15, 0.2) is 17.4 Å². The number of nitrogens with zero attached hydrogens (tertiary/aromatic N) is 2. The van der Waals surface area contributed by atoms with Gasteiger partial charge in [0.25, 0.3) is 0 Å². The van der Waals surface area contributed by atoms with E-state index < -0.39 is 0 Å². The van der Waals surface area contributed by atoms with Crippen molar-refractivity contribution in [2.75, 3.05) is 4.90 Å². The molecule has 1 aliphatic carbocycles. The average molecular weight is 495 g/mol. The molecule has 0 amide bonds. The number of para-hydroxylation sites is 1. The van der Waals surface area contributed by atoms with E-state index >= 15 is 0 Å². The molecule has 1 saturated carbocycles. The molecule has 0 spiro atoms. The van der Waals surface area contributed by atoms with Crippen LogP contribution >= 0.6 is 0 Å². The number of carbonyl (C=O) groups is 1. The summed E-state index contributed by atoms with van der Waals surface area (Å²) in [5.41, 5.74) is 5.35. The summed E-state index contributed by atoms with van der Waals surface area (Å²) in [6, 6.07) is 27.4. The van der Waals surface area contributed by atoms with Crippen LogP contribution in [-0.2, 0) is 9.53 Å². The molecule has 4 rings (SSSR count). The fourth-order valence-corrected chi connectivity index (χ4v) is 4.59. The summed E-state index contributed by atoms with van der Waals surface area (Å²) < 4.78 is 6.16. The monoisotopic (exact) mass is 494 g/mol. The van der Waals surface area contributed by atoms with Gasteiger partial charge < -0.3 is 9.64 Å². The Balaban J connectivity index is 1.61. The van der Waals surface area contributed by atoms with Gasteiger partial charge in [-0.05, 0) is 67.8 Å². The normalized spacial score (nSPS) is 15.1. The lowest BCUT2D eigenvalue weighted by atomic mass is 9.96. The zero-order valence-corrected chi connectivity index (χ0v) is 22.5. The van der Waals surface area contributed by atoms with Crippen molar-refractivity contribution in [3.63, 3.8) is 0 Å². The lowest BCUT2D eigenvalue weighted by Gasteiger charge is -2.25. The Kier molecular flexibility index (Phi) is 8.95. The first-order valence-corrected chi connectivity index (χ1v) is 13.4. The first kappa shape index (κ1) is 26.4. The number of allylic oxidation sites excluding steroid dienone is 1. The van der Waals surface area contributed by atoms with Gasteiger partial charge in [-0.3, -0.25) is 9.79 Å². The number of anilines is 3. The van der Waals surface area contributed by atoms with Crippen molar-refractivity contribution in [1.29, 1.82) is 0 Å². The van der Waals surface area contributed by atoms with Crippen molar-refractivity contribution in [3.05, 3.63) is 95.7 Å². The number of ether oxygens (including phenoxy) is 1. The summed E-state index contributed by atoms with van der Waals surface area (Å²) in [5, 5.41) is 0. The highest BCUT2D eigenvalue weighted by Gasteiger charge is 2.19. The van der Waals surface area contributed by atoms with Crippen LogP contribution in [0.15, 0.2) is 89.6 Å². The summed E-state index contributed by atoms with van der Waals surface area (Å²) in [6.07, 6.45) is 7.72. The third-order valence-corrected chi connectivity index (χ3v) is 6.70. The van der Waals surface area contributed by atoms with Crippen molar-refractivity contribution < 1.29 is 9.53 Å². The number of hydrogen-bond donors (Lipinski definition) is 0. The van der Waals surface area contributed by atoms with Gasteiger partial charge in [-0.25, -0.2) is 0 Å². The summed E-state index contributed by atoms with van der Waals surface area (Å²) in [6.45, 7) is 7.78. The first-order valence-electron chi connectivity index (χ1n) is 13.4. The molecule has 37 heavy (non-hydrogen) atoms. The second-order valence-electron chi connectivity index (χ2n) is 10.2. The molecular weight excluding hydrogens is 456 g/mol. The van der Waals surface area contributed by atoms with Crippen LogP contribution in [-0.4, -0.2) is 17.7 Å². The van der Waals surface area contributed by atoms with Gasteiger partial charge in [-0.1, -0.05) is 81.1 Å². The van der Waals surface area contributed by atoms with Crippen LogP contribution < -0.4 is 4.90 Å². The topological polar surface area (TPSA) is 41.9 Å². The van der Waals surface area contributed by atoms with E-state index in [0.717, 1.165) is 35.5 Å². The van der Waals surface area contributed by atoms with Crippen molar-refractivity contribution >= 4 is 34.8 Å². The predicted molar refractivity (Wildman–Crippen MR) is 155 cm³/mol. The fourth-order valence-electron chi connectivity index (χ4n) is 4.59. The molecule has 3 aromatic rings. The maximum atomic E-state index is 12.5. The molecule has 3 aromatic carbocycles. The van der Waals surface area contributed by atoms with E-state index in [4.69, 9.17) is 9.73 Å². The lowest BCUT2D eigenvalue weighted by molar-refractivity contribution is -0.115. The van der Waals surface area contributed by atoms with Crippen LogP contribution in [0.3, 0.4) is 0 Å². The van der Waals surface area contributed by atoms with E-state index in [9.17, 15) is 4.79 Å². The summed E-state index contributed by atoms with van der Waals surface area (Å²) >= 11 is 0. The zero-order valence-electron chi connectivity index (χ0n) is 22.5. The molecule has 0 aromatic heterocycles. The van der Waals surface area contributed by atoms with Crippen LogP contribution in [0, 0.1) is 12.8 Å². The number of benzene rings is 3. The summed E-state index contributed by atoms with van der Waals surface area (Å²) in [7, 11) is 0. The standard InChI is InChI=1S/C33H38N2O2/c1-24(2)33(34-28-11-7-5-8-12-28)37-32(26(4)36)23-27-17-21-31(22-18-27)35(29-13-9-6-10-14-29)30-19-15-25(3)16-20-30/h6,9-10,13-24,28H,5,7-8,11-12H2,1-4H3/b32-23+,34-33?. The number of carbonyl (C=O) groups excluding carboxylic acids is 1. The first-order chi connectivity index (χ1) is 17.9. The molecule has 0 saturated heterocycles. The maximum Gasteiger partial charge on any atom is 0.195 e. The predicted octanol–water partition coefficient (Wildman–Crippen LogP) is 8.80. The van der Waals surface area contributed by atoms with E-state index in [0.29, 0.717) is 17.7 Å². The number of aliphatic imine (C=N–C) groups is 1. The van der Waals surface area contributed by atoms with Gasteiger partial charge >= 0.3 is 0 Å². The number of rotatable bonds is 8. The van der Waals surface area contributed by atoms with E-state index in [1.54, 1.807) is 6.92 Å². The van der Waals surface area contributed by atoms with Crippen LogP contribution in [0.2, 0.25) is 0 Å². The molecule has 0 atom stereocenters. The smallest absolute Gasteiger partial charge is 0.195 e. The molecule has 0 N–H and O–H groups in total. The van der Waals surface area contributed by atoms with E-state index in [-0.39, 0.29) is 11.7 Å². The molecular formula is C33H38N2O2. The summed E-state index contributed by atoms with van der Waals surface area (Å²) in [4.78, 5) is 19.6. The molecule has 0 bridgehead atoms. The maximum absolute atomic E-state index is 12.5. The second-order valence-corrected chi connectivity index (χ2v) is 10.2. The van der Waals surface area contributed by atoms with E-state index in [1.165, 1.54) is 24.8 Å². The van der Waals surface area contributed by atoms with Crippen LogP contribution in [0.5, 0.6) is 0 Å². The fraction of sp³-hybridized carbons (Fsp3) is 0.333. The molecule has 0 heterocycles. The van der Waals surface area contributed by atoms with Crippen LogP contribution in [0.1, 0.15) is 64.0 Å². The third-order valence-electron chi connectivity index (χ3n) is 6.70. The van der Waals surface area contributed by atoms with E-state index in [1.807, 2.05) is 36.4 Å². The highest BCUT2D eigenvalue weighted by atomic mass is 16.5. The Hall–Kier alpha value is -3.66. The number of hydrogen-bond acceptors (Lipinski definition) is 4. The lowest BCUT2D eigenvalue weighted by Crippen LogP contribution is -2.20. The van der Waals surface area contributed by atoms with Crippen molar-refractivity contribution in [1.82, 2.24) is 0 Å². The zero-order chi connectivity index (χ0) is 26.2. The number of aryl methyl sites for hydroxylation is 1.